The minimum Gasteiger partial charge on any atom is -0.486 e. The average molecular weight is 284 g/mol. The average Bonchev–Trinajstić information content (AvgIpc) is 2.55. The van der Waals surface area contributed by atoms with Crippen LogP contribution in [0.1, 0.15) is 24.1 Å². The van der Waals surface area contributed by atoms with Gasteiger partial charge in [0, 0.05) is 24.0 Å². The molecule has 0 fully saturated rings. The van der Waals surface area contributed by atoms with Crippen molar-refractivity contribution in [1.29, 1.82) is 0 Å². The first-order valence-electron chi connectivity index (χ1n) is 7.39. The fraction of sp³-hybridized carbons (Fsp3) is 0.353. The number of aromatic nitrogens is 1. The maximum atomic E-state index is 5.84. The lowest BCUT2D eigenvalue weighted by Crippen LogP contribution is -2.25. The maximum absolute atomic E-state index is 5.84. The smallest absolute Gasteiger partial charge is 0.166 e. The number of rotatable bonds is 5. The molecule has 1 atom stereocenters. The zero-order chi connectivity index (χ0) is 14.5. The number of nitrogens with zero attached hydrogens (tertiary/aromatic N) is 1. The van der Waals surface area contributed by atoms with E-state index in [1.54, 1.807) is 6.20 Å². The van der Waals surface area contributed by atoms with Crippen LogP contribution in [-0.4, -0.2) is 24.7 Å². The summed E-state index contributed by atoms with van der Waals surface area (Å²) < 4.78 is 11.5. The van der Waals surface area contributed by atoms with Gasteiger partial charge in [0.2, 0.25) is 0 Å². The third-order valence-corrected chi connectivity index (χ3v) is 3.59. The molecule has 1 aliphatic rings. The number of likely N-dealkylation sites (N-methyl/N-ethyl adjacent to an activating group) is 1. The molecule has 4 heteroatoms. The van der Waals surface area contributed by atoms with Gasteiger partial charge in [-0.1, -0.05) is 25.1 Å². The number of nitrogens with one attached hydrogen (secondary N) is 1. The Bertz CT molecular complexity index is 587. The first-order valence-corrected chi connectivity index (χ1v) is 7.39. The van der Waals surface area contributed by atoms with Crippen molar-refractivity contribution in [2.45, 2.75) is 19.4 Å². The van der Waals surface area contributed by atoms with E-state index in [1.165, 1.54) is 5.56 Å². The molecular weight excluding hydrogens is 264 g/mol. The molecule has 0 spiro atoms. The maximum Gasteiger partial charge on any atom is 0.166 e. The Morgan fingerprint density at radius 1 is 1.19 bits per heavy atom. The quantitative estimate of drug-likeness (QED) is 0.917. The first-order chi connectivity index (χ1) is 10.4. The van der Waals surface area contributed by atoms with E-state index < -0.39 is 0 Å². The van der Waals surface area contributed by atoms with Crippen molar-refractivity contribution in [2.75, 3.05) is 19.8 Å². The highest BCUT2D eigenvalue weighted by Gasteiger charge is 2.21. The SMILES string of the molecule is CCNC(Cc1cccnc1)c1cccc2c1OCCO2. The van der Waals surface area contributed by atoms with Crippen molar-refractivity contribution in [1.82, 2.24) is 10.3 Å². The van der Waals surface area contributed by atoms with E-state index in [-0.39, 0.29) is 6.04 Å². The van der Waals surface area contributed by atoms with E-state index in [2.05, 4.69) is 29.4 Å². The lowest BCUT2D eigenvalue weighted by molar-refractivity contribution is 0.168. The Morgan fingerprint density at radius 3 is 2.90 bits per heavy atom. The second-order valence-electron chi connectivity index (χ2n) is 5.05. The van der Waals surface area contributed by atoms with E-state index >= 15 is 0 Å². The molecule has 0 saturated heterocycles. The summed E-state index contributed by atoms with van der Waals surface area (Å²) >= 11 is 0. The van der Waals surface area contributed by atoms with Gasteiger partial charge in [0.25, 0.3) is 0 Å². The molecule has 0 bridgehead atoms. The predicted octanol–water partition coefficient (Wildman–Crippen LogP) is 2.75. The highest BCUT2D eigenvalue weighted by molar-refractivity contribution is 5.49. The minimum atomic E-state index is 0.191. The van der Waals surface area contributed by atoms with Crippen LogP contribution in [0.25, 0.3) is 0 Å². The number of benzene rings is 1. The van der Waals surface area contributed by atoms with Crippen LogP contribution in [0.5, 0.6) is 11.5 Å². The third kappa shape index (κ3) is 3.16. The Labute approximate surface area is 125 Å². The monoisotopic (exact) mass is 284 g/mol. The second-order valence-corrected chi connectivity index (χ2v) is 5.05. The van der Waals surface area contributed by atoms with Crippen LogP contribution in [0.3, 0.4) is 0 Å². The van der Waals surface area contributed by atoms with Gasteiger partial charge in [0.15, 0.2) is 11.5 Å². The van der Waals surface area contributed by atoms with Gasteiger partial charge in [0.1, 0.15) is 13.2 Å². The molecule has 3 rings (SSSR count). The highest BCUT2D eigenvalue weighted by atomic mass is 16.6. The van der Waals surface area contributed by atoms with Crippen molar-refractivity contribution < 1.29 is 9.47 Å². The summed E-state index contributed by atoms with van der Waals surface area (Å²) in [4.78, 5) is 4.20. The minimum absolute atomic E-state index is 0.191. The normalized spacial score (nSPS) is 14.7. The molecule has 1 aromatic carbocycles. The Balaban J connectivity index is 1.90. The molecule has 0 amide bonds. The highest BCUT2D eigenvalue weighted by Crippen LogP contribution is 2.37. The van der Waals surface area contributed by atoms with Crippen LogP contribution >= 0.6 is 0 Å². The van der Waals surface area contributed by atoms with Crippen molar-refractivity contribution in [3.8, 4) is 11.5 Å². The van der Waals surface area contributed by atoms with E-state index in [0.29, 0.717) is 13.2 Å². The van der Waals surface area contributed by atoms with Crippen LogP contribution in [-0.2, 0) is 6.42 Å². The van der Waals surface area contributed by atoms with Gasteiger partial charge < -0.3 is 14.8 Å². The van der Waals surface area contributed by atoms with Crippen LogP contribution < -0.4 is 14.8 Å². The van der Waals surface area contributed by atoms with E-state index in [0.717, 1.165) is 30.0 Å². The van der Waals surface area contributed by atoms with Crippen LogP contribution in [0.15, 0.2) is 42.7 Å². The summed E-state index contributed by atoms with van der Waals surface area (Å²) in [6, 6.07) is 10.4. The lowest BCUT2D eigenvalue weighted by Gasteiger charge is -2.25. The molecule has 2 aromatic rings. The molecule has 1 aliphatic heterocycles. The van der Waals surface area contributed by atoms with Gasteiger partial charge in [-0.25, -0.2) is 0 Å². The summed E-state index contributed by atoms with van der Waals surface area (Å²) in [5.74, 6) is 1.71. The number of hydrogen-bond acceptors (Lipinski definition) is 4. The fourth-order valence-electron chi connectivity index (χ4n) is 2.66. The first kappa shape index (κ1) is 13.9. The van der Waals surface area contributed by atoms with Gasteiger partial charge >= 0.3 is 0 Å². The van der Waals surface area contributed by atoms with Gasteiger partial charge in [-0.2, -0.15) is 0 Å². The van der Waals surface area contributed by atoms with Crippen molar-refractivity contribution in [3.05, 3.63) is 53.9 Å². The fourth-order valence-corrected chi connectivity index (χ4v) is 2.66. The number of para-hydroxylation sites is 1. The Kier molecular flexibility index (Phi) is 4.36. The summed E-state index contributed by atoms with van der Waals surface area (Å²) in [6.45, 7) is 4.24. The largest absolute Gasteiger partial charge is 0.486 e. The molecule has 21 heavy (non-hydrogen) atoms. The molecule has 1 N–H and O–H groups in total. The molecule has 0 radical (unpaired) electrons. The topological polar surface area (TPSA) is 43.4 Å². The van der Waals surface area contributed by atoms with Gasteiger partial charge in [-0.05, 0) is 30.7 Å². The van der Waals surface area contributed by atoms with Gasteiger partial charge in [-0.3, -0.25) is 4.98 Å². The second kappa shape index (κ2) is 6.59. The van der Waals surface area contributed by atoms with Crippen molar-refractivity contribution >= 4 is 0 Å². The van der Waals surface area contributed by atoms with Crippen molar-refractivity contribution in [3.63, 3.8) is 0 Å². The summed E-state index contributed by atoms with van der Waals surface area (Å²) in [5, 5.41) is 3.53. The molecule has 2 heterocycles. The zero-order valence-corrected chi connectivity index (χ0v) is 12.2. The zero-order valence-electron chi connectivity index (χ0n) is 12.2. The third-order valence-electron chi connectivity index (χ3n) is 3.59. The molecule has 0 aliphatic carbocycles. The number of hydrogen-bond donors (Lipinski definition) is 1. The summed E-state index contributed by atoms with van der Waals surface area (Å²) in [5.41, 5.74) is 2.36. The predicted molar refractivity (Wildman–Crippen MR) is 81.8 cm³/mol. The summed E-state index contributed by atoms with van der Waals surface area (Å²) in [6.07, 6.45) is 4.59. The van der Waals surface area contributed by atoms with Crippen LogP contribution in [0, 0.1) is 0 Å². The van der Waals surface area contributed by atoms with Crippen LogP contribution in [0.4, 0.5) is 0 Å². The number of fused-ring (bicyclic) bond motifs is 1. The summed E-state index contributed by atoms with van der Waals surface area (Å²) in [7, 11) is 0. The Hall–Kier alpha value is -2.07. The molecular formula is C17H20N2O2. The molecule has 1 unspecified atom stereocenters. The van der Waals surface area contributed by atoms with Crippen molar-refractivity contribution in [2.24, 2.45) is 0 Å². The van der Waals surface area contributed by atoms with E-state index in [4.69, 9.17) is 9.47 Å². The van der Waals surface area contributed by atoms with Gasteiger partial charge in [0.05, 0.1) is 0 Å². The number of pyridine rings is 1. The van der Waals surface area contributed by atoms with E-state index in [9.17, 15) is 0 Å². The lowest BCUT2D eigenvalue weighted by atomic mass is 9.98. The standard InChI is InChI=1S/C17H20N2O2/c1-2-19-15(11-13-5-4-8-18-12-13)14-6-3-7-16-17(14)21-10-9-20-16/h3-8,12,15,19H,2,9-11H2,1H3. The molecule has 0 saturated carbocycles. The number of ether oxygens (including phenoxy) is 2. The van der Waals surface area contributed by atoms with Crippen LogP contribution in [0.2, 0.25) is 0 Å². The molecule has 4 nitrogen and oxygen atoms in total. The van der Waals surface area contributed by atoms with Gasteiger partial charge in [-0.15, -0.1) is 0 Å². The molecule has 110 valence electrons. The molecule has 1 aromatic heterocycles. The van der Waals surface area contributed by atoms with E-state index in [1.807, 2.05) is 24.4 Å². The Morgan fingerprint density at radius 2 is 2.10 bits per heavy atom.